The fourth-order valence-corrected chi connectivity index (χ4v) is 3.11. The quantitative estimate of drug-likeness (QED) is 0.485. The molecule has 0 radical (unpaired) electrons. The molecule has 28 heavy (non-hydrogen) atoms. The maximum Gasteiger partial charge on any atom is 0.329 e. The molecule has 0 unspecified atom stereocenters. The molecule has 148 valence electrons. The van der Waals surface area contributed by atoms with Crippen LogP contribution in [0.5, 0.6) is 0 Å². The normalized spacial score (nSPS) is 12.1. The molecule has 0 bridgehead atoms. The molecule has 0 saturated carbocycles. The van der Waals surface area contributed by atoms with Gasteiger partial charge in [0.2, 0.25) is 5.95 Å². The third-order valence-electron chi connectivity index (χ3n) is 4.44. The van der Waals surface area contributed by atoms with Crippen molar-refractivity contribution in [1.82, 2.24) is 19.1 Å². The molecule has 0 saturated heterocycles. The first-order valence-corrected chi connectivity index (χ1v) is 9.49. The molecule has 8 heteroatoms. The van der Waals surface area contributed by atoms with Gasteiger partial charge in [0.1, 0.15) is 0 Å². The monoisotopic (exact) mass is 382 g/mol. The summed E-state index contributed by atoms with van der Waals surface area (Å²) in [6.07, 6.45) is 1.76. The molecule has 2 N–H and O–H groups in total. The number of H-pyrrole nitrogens is 1. The second-order valence-electron chi connectivity index (χ2n) is 7.22. The Balaban J connectivity index is 2.11. The van der Waals surface area contributed by atoms with Crippen molar-refractivity contribution in [2.75, 3.05) is 5.43 Å². The summed E-state index contributed by atoms with van der Waals surface area (Å²) in [5.41, 5.74) is 4.75. The molecular weight excluding hydrogens is 356 g/mol. The molecule has 8 nitrogen and oxygen atoms in total. The van der Waals surface area contributed by atoms with Gasteiger partial charge in [-0.3, -0.25) is 14.3 Å². The number of hydrogen-bond acceptors (Lipinski definition) is 5. The van der Waals surface area contributed by atoms with E-state index >= 15 is 0 Å². The van der Waals surface area contributed by atoms with Gasteiger partial charge in [-0.15, -0.1) is 0 Å². The molecule has 0 atom stereocenters. The summed E-state index contributed by atoms with van der Waals surface area (Å²) in [4.78, 5) is 31.2. The van der Waals surface area contributed by atoms with E-state index in [1.54, 1.807) is 11.6 Å². The zero-order chi connectivity index (χ0) is 20.3. The number of benzene rings is 1. The molecule has 3 aromatic rings. The van der Waals surface area contributed by atoms with Crippen LogP contribution in [-0.2, 0) is 13.6 Å². The van der Waals surface area contributed by atoms with E-state index in [2.05, 4.69) is 41.3 Å². The Labute approximate surface area is 162 Å². The topological polar surface area (TPSA) is 97.1 Å². The number of nitrogens with zero attached hydrogens (tertiary/aromatic N) is 4. The fourth-order valence-electron chi connectivity index (χ4n) is 3.11. The largest absolute Gasteiger partial charge is 0.329 e. The molecule has 0 spiro atoms. The highest BCUT2D eigenvalue weighted by Crippen LogP contribution is 2.18. The zero-order valence-corrected chi connectivity index (χ0v) is 16.7. The van der Waals surface area contributed by atoms with Gasteiger partial charge in [-0.05, 0) is 17.9 Å². The number of nitrogens with one attached hydrogen (secondary N) is 2. The van der Waals surface area contributed by atoms with Gasteiger partial charge >= 0.3 is 5.69 Å². The highest BCUT2D eigenvalue weighted by atomic mass is 16.2. The van der Waals surface area contributed by atoms with Crippen LogP contribution in [0.3, 0.4) is 0 Å². The second-order valence-corrected chi connectivity index (χ2v) is 7.22. The van der Waals surface area contributed by atoms with Crippen molar-refractivity contribution < 1.29 is 0 Å². The number of aromatic amines is 1. The summed E-state index contributed by atoms with van der Waals surface area (Å²) >= 11 is 0. The van der Waals surface area contributed by atoms with Crippen LogP contribution in [0.15, 0.2) is 45.0 Å². The van der Waals surface area contributed by atoms with Crippen molar-refractivity contribution in [3.05, 3.63) is 56.7 Å². The van der Waals surface area contributed by atoms with E-state index in [0.717, 1.165) is 24.1 Å². The first-order valence-electron chi connectivity index (χ1n) is 9.49. The van der Waals surface area contributed by atoms with E-state index in [1.165, 1.54) is 4.57 Å². The van der Waals surface area contributed by atoms with E-state index < -0.39 is 11.2 Å². The van der Waals surface area contributed by atoms with Crippen LogP contribution >= 0.6 is 0 Å². The highest BCUT2D eigenvalue weighted by molar-refractivity contribution is 6.00. The number of anilines is 1. The second kappa shape index (κ2) is 8.24. The van der Waals surface area contributed by atoms with Crippen LogP contribution in [0.4, 0.5) is 5.95 Å². The molecule has 1 aromatic carbocycles. The molecule has 0 aliphatic rings. The molecule has 0 aliphatic carbocycles. The molecule has 3 rings (SSSR count). The van der Waals surface area contributed by atoms with Crippen LogP contribution in [0, 0.1) is 5.92 Å². The van der Waals surface area contributed by atoms with Gasteiger partial charge in [-0.25, -0.2) is 10.2 Å². The van der Waals surface area contributed by atoms with Crippen molar-refractivity contribution in [2.45, 2.75) is 40.2 Å². The van der Waals surface area contributed by atoms with Crippen LogP contribution in [0.2, 0.25) is 0 Å². The third-order valence-corrected chi connectivity index (χ3v) is 4.44. The van der Waals surface area contributed by atoms with E-state index in [0.29, 0.717) is 23.7 Å². The van der Waals surface area contributed by atoms with Crippen molar-refractivity contribution in [3.63, 3.8) is 0 Å². The Hall–Kier alpha value is -3.16. The van der Waals surface area contributed by atoms with Crippen molar-refractivity contribution >= 4 is 22.8 Å². The Morgan fingerprint density at radius 2 is 1.96 bits per heavy atom. The molecule has 0 amide bonds. The number of hydrazone groups is 1. The SMILES string of the molecule is CCC/C(=N/Nc1nc2c(c(=O)[nH]c(=O)n2C)n1CC(C)C)c1ccccc1. The first-order chi connectivity index (χ1) is 13.4. The summed E-state index contributed by atoms with van der Waals surface area (Å²) < 4.78 is 3.13. The van der Waals surface area contributed by atoms with Crippen molar-refractivity contribution in [3.8, 4) is 0 Å². The number of hydrogen-bond donors (Lipinski definition) is 2. The maximum atomic E-state index is 12.4. The maximum absolute atomic E-state index is 12.4. The van der Waals surface area contributed by atoms with E-state index in [-0.39, 0.29) is 5.92 Å². The molecule has 0 aliphatic heterocycles. The third kappa shape index (κ3) is 3.90. The minimum absolute atomic E-state index is 0.280. The predicted octanol–water partition coefficient (Wildman–Crippen LogP) is 2.70. The summed E-state index contributed by atoms with van der Waals surface area (Å²) in [7, 11) is 1.59. The number of imidazole rings is 1. The minimum atomic E-state index is -0.488. The lowest BCUT2D eigenvalue weighted by atomic mass is 10.1. The minimum Gasteiger partial charge on any atom is -0.303 e. The summed E-state index contributed by atoms with van der Waals surface area (Å²) in [5.74, 6) is 0.725. The van der Waals surface area contributed by atoms with Gasteiger partial charge in [0.25, 0.3) is 5.56 Å². The Morgan fingerprint density at radius 1 is 1.25 bits per heavy atom. The fraction of sp³-hybridized carbons (Fsp3) is 0.400. The summed E-state index contributed by atoms with van der Waals surface area (Å²) in [6.45, 7) is 6.79. The molecular formula is C20H26N6O2. The summed E-state index contributed by atoms with van der Waals surface area (Å²) in [5, 5.41) is 4.58. The molecule has 2 aromatic heterocycles. The summed E-state index contributed by atoms with van der Waals surface area (Å²) in [6, 6.07) is 9.95. The van der Waals surface area contributed by atoms with Gasteiger partial charge in [-0.1, -0.05) is 57.5 Å². The van der Waals surface area contributed by atoms with Crippen LogP contribution in [0.25, 0.3) is 11.2 Å². The lowest BCUT2D eigenvalue weighted by molar-refractivity contribution is 0.535. The van der Waals surface area contributed by atoms with Crippen LogP contribution in [0.1, 0.15) is 39.2 Å². The van der Waals surface area contributed by atoms with Gasteiger partial charge in [0.05, 0.1) is 5.71 Å². The van der Waals surface area contributed by atoms with E-state index in [9.17, 15) is 9.59 Å². The van der Waals surface area contributed by atoms with Crippen molar-refractivity contribution in [2.24, 2.45) is 18.1 Å². The Morgan fingerprint density at radius 3 is 2.61 bits per heavy atom. The Kier molecular flexibility index (Phi) is 5.77. The van der Waals surface area contributed by atoms with E-state index in [4.69, 9.17) is 0 Å². The highest BCUT2D eigenvalue weighted by Gasteiger charge is 2.18. The zero-order valence-electron chi connectivity index (χ0n) is 16.7. The number of aryl methyl sites for hydroxylation is 1. The average Bonchev–Trinajstić information content (AvgIpc) is 3.02. The number of aromatic nitrogens is 4. The number of fused-ring (bicyclic) bond motifs is 1. The van der Waals surface area contributed by atoms with Gasteiger partial charge in [-0.2, -0.15) is 10.1 Å². The molecule has 0 fully saturated rings. The predicted molar refractivity (Wildman–Crippen MR) is 112 cm³/mol. The van der Waals surface area contributed by atoms with Gasteiger partial charge < -0.3 is 4.57 Å². The van der Waals surface area contributed by atoms with Crippen LogP contribution in [-0.4, -0.2) is 24.8 Å². The molecule has 2 heterocycles. The lowest BCUT2D eigenvalue weighted by Gasteiger charge is -2.11. The van der Waals surface area contributed by atoms with Gasteiger partial charge in [0, 0.05) is 13.6 Å². The first kappa shape index (κ1) is 19.6. The smallest absolute Gasteiger partial charge is 0.303 e. The van der Waals surface area contributed by atoms with Crippen LogP contribution < -0.4 is 16.7 Å². The van der Waals surface area contributed by atoms with Crippen molar-refractivity contribution in [1.29, 1.82) is 0 Å². The lowest BCUT2D eigenvalue weighted by Crippen LogP contribution is -2.29. The number of rotatable bonds is 7. The Bertz CT molecular complexity index is 1110. The standard InChI is InChI=1S/C20H26N6O2/c1-5-9-15(14-10-7-6-8-11-14)23-24-19-21-17-16(26(19)12-13(2)3)18(27)22-20(28)25(17)4/h6-8,10-11,13H,5,9,12H2,1-4H3,(H,21,24)(H,22,27,28)/b23-15-. The van der Waals surface area contributed by atoms with E-state index in [1.807, 2.05) is 30.3 Å². The van der Waals surface area contributed by atoms with Gasteiger partial charge in [0.15, 0.2) is 11.2 Å². The average molecular weight is 382 g/mol.